The molecule has 1 fully saturated rings. The van der Waals surface area contributed by atoms with E-state index in [0.29, 0.717) is 28.7 Å². The number of amides is 3. The van der Waals surface area contributed by atoms with E-state index < -0.39 is 0 Å². The maximum atomic E-state index is 12.0. The van der Waals surface area contributed by atoms with Crippen LogP contribution in [-0.2, 0) is 11.2 Å². The van der Waals surface area contributed by atoms with E-state index in [1.54, 1.807) is 24.3 Å². The number of aryl methyl sites for hydroxylation is 1. The summed E-state index contributed by atoms with van der Waals surface area (Å²) in [7, 11) is 0. The minimum Gasteiger partial charge on any atom is -0.343 e. The monoisotopic (exact) mass is 378 g/mol. The molecule has 8 heteroatoms. The normalized spacial score (nSPS) is 13.7. The number of nitrogens with zero attached hydrogens (tertiary/aromatic N) is 2. The maximum Gasteiger partial charge on any atom is 0.325 e. The Morgan fingerprint density at radius 1 is 1.24 bits per heavy atom. The highest BCUT2D eigenvalue weighted by atomic mass is 35.5. The fraction of sp³-hybridized carbons (Fsp3) is 0.353. The molecule has 0 atom stereocenters. The molecule has 3 rings (SSSR count). The highest BCUT2D eigenvalue weighted by molar-refractivity contribution is 7.13. The van der Waals surface area contributed by atoms with Crippen LogP contribution in [0.4, 0.5) is 15.6 Å². The lowest BCUT2D eigenvalue weighted by Crippen LogP contribution is -2.27. The average Bonchev–Trinajstić information content (AvgIpc) is 3.24. The van der Waals surface area contributed by atoms with E-state index in [2.05, 4.69) is 15.6 Å². The molecule has 6 nitrogen and oxygen atoms in total. The second-order valence-corrected chi connectivity index (χ2v) is 7.12. The standard InChI is InChI=1S/C17H19ClN4O2S/c18-12-4-3-5-13(10-12)19-16(24)21-17-20-14(11-25-17)6-7-15(23)22-8-1-2-9-22/h3-5,10-11H,1-2,6-9H2,(H2,19,20,21,24). The fourth-order valence-electron chi connectivity index (χ4n) is 2.66. The zero-order chi connectivity index (χ0) is 17.6. The number of thiazole rings is 1. The summed E-state index contributed by atoms with van der Waals surface area (Å²) in [6, 6.07) is 6.54. The van der Waals surface area contributed by atoms with Crippen molar-refractivity contribution in [3.8, 4) is 0 Å². The summed E-state index contributed by atoms with van der Waals surface area (Å²) >= 11 is 7.23. The highest BCUT2D eigenvalue weighted by Crippen LogP contribution is 2.19. The molecule has 2 aromatic rings. The minimum absolute atomic E-state index is 0.179. The van der Waals surface area contributed by atoms with E-state index >= 15 is 0 Å². The van der Waals surface area contributed by atoms with E-state index in [4.69, 9.17) is 11.6 Å². The van der Waals surface area contributed by atoms with Crippen LogP contribution in [0.15, 0.2) is 29.6 Å². The summed E-state index contributed by atoms with van der Waals surface area (Å²) in [5.74, 6) is 0.179. The molecule has 1 aliphatic rings. The molecule has 1 aromatic carbocycles. The van der Waals surface area contributed by atoms with Crippen LogP contribution in [0.2, 0.25) is 5.02 Å². The number of aromatic nitrogens is 1. The van der Waals surface area contributed by atoms with Crippen molar-refractivity contribution in [1.29, 1.82) is 0 Å². The second-order valence-electron chi connectivity index (χ2n) is 5.82. The van der Waals surface area contributed by atoms with Gasteiger partial charge < -0.3 is 10.2 Å². The SMILES string of the molecule is O=C(Nc1cccc(Cl)c1)Nc1nc(CCC(=O)N2CCCC2)cs1. The first kappa shape index (κ1) is 17.7. The molecule has 25 heavy (non-hydrogen) atoms. The van der Waals surface area contributed by atoms with E-state index in [1.165, 1.54) is 11.3 Å². The largest absolute Gasteiger partial charge is 0.343 e. The molecule has 0 spiro atoms. The summed E-state index contributed by atoms with van der Waals surface area (Å²) < 4.78 is 0. The lowest BCUT2D eigenvalue weighted by atomic mass is 10.2. The van der Waals surface area contributed by atoms with E-state index in [-0.39, 0.29) is 11.9 Å². The van der Waals surface area contributed by atoms with Gasteiger partial charge in [-0.1, -0.05) is 17.7 Å². The van der Waals surface area contributed by atoms with Crippen LogP contribution in [0.1, 0.15) is 25.0 Å². The fourth-order valence-corrected chi connectivity index (χ4v) is 3.59. The topological polar surface area (TPSA) is 74.3 Å². The van der Waals surface area contributed by atoms with E-state index in [1.807, 2.05) is 10.3 Å². The van der Waals surface area contributed by atoms with Gasteiger partial charge in [-0.05, 0) is 37.5 Å². The first-order chi connectivity index (χ1) is 12.1. The molecular formula is C17H19ClN4O2S. The Balaban J connectivity index is 1.47. The number of likely N-dealkylation sites (tertiary alicyclic amines) is 1. The quantitative estimate of drug-likeness (QED) is 0.825. The van der Waals surface area contributed by atoms with Gasteiger partial charge in [-0.3, -0.25) is 10.1 Å². The molecule has 0 saturated carbocycles. The van der Waals surface area contributed by atoms with Gasteiger partial charge in [0.1, 0.15) is 0 Å². The van der Waals surface area contributed by atoms with Crippen LogP contribution >= 0.6 is 22.9 Å². The summed E-state index contributed by atoms with van der Waals surface area (Å²) in [5, 5.41) is 8.31. The Kier molecular flexibility index (Phi) is 5.88. The van der Waals surface area contributed by atoms with Crippen molar-refractivity contribution < 1.29 is 9.59 Å². The lowest BCUT2D eigenvalue weighted by molar-refractivity contribution is -0.130. The lowest BCUT2D eigenvalue weighted by Gasteiger charge is -2.14. The number of benzene rings is 1. The number of nitrogens with one attached hydrogen (secondary N) is 2. The molecule has 1 saturated heterocycles. The van der Waals surface area contributed by atoms with Gasteiger partial charge in [0.2, 0.25) is 5.91 Å². The van der Waals surface area contributed by atoms with Gasteiger partial charge in [-0.25, -0.2) is 9.78 Å². The van der Waals surface area contributed by atoms with Crippen LogP contribution in [0, 0.1) is 0 Å². The average molecular weight is 379 g/mol. The predicted molar refractivity (Wildman–Crippen MR) is 100 cm³/mol. The van der Waals surface area contributed by atoms with Crippen molar-refractivity contribution in [1.82, 2.24) is 9.88 Å². The first-order valence-electron chi connectivity index (χ1n) is 8.16. The van der Waals surface area contributed by atoms with Crippen LogP contribution in [-0.4, -0.2) is 34.9 Å². The third kappa shape index (κ3) is 5.17. The van der Waals surface area contributed by atoms with Crippen LogP contribution in [0.5, 0.6) is 0 Å². The number of rotatable bonds is 5. The number of anilines is 2. The van der Waals surface area contributed by atoms with Gasteiger partial charge in [0.05, 0.1) is 5.69 Å². The molecule has 1 aromatic heterocycles. The van der Waals surface area contributed by atoms with Crippen molar-refractivity contribution in [3.63, 3.8) is 0 Å². The van der Waals surface area contributed by atoms with Crippen molar-refractivity contribution in [2.24, 2.45) is 0 Å². The third-order valence-corrected chi connectivity index (χ3v) is 4.95. The summed E-state index contributed by atoms with van der Waals surface area (Å²) in [5.41, 5.74) is 1.42. The molecule has 2 heterocycles. The Hall–Kier alpha value is -2.12. The number of hydrogen-bond donors (Lipinski definition) is 2. The number of hydrogen-bond acceptors (Lipinski definition) is 4. The van der Waals surface area contributed by atoms with Crippen molar-refractivity contribution in [2.75, 3.05) is 23.7 Å². The predicted octanol–water partition coefficient (Wildman–Crippen LogP) is 4.00. The zero-order valence-electron chi connectivity index (χ0n) is 13.6. The zero-order valence-corrected chi connectivity index (χ0v) is 15.2. The Morgan fingerprint density at radius 3 is 2.80 bits per heavy atom. The molecule has 3 amide bonds. The summed E-state index contributed by atoms with van der Waals surface area (Å²) in [6.07, 6.45) is 3.23. The second kappa shape index (κ2) is 8.31. The van der Waals surface area contributed by atoms with Crippen LogP contribution < -0.4 is 10.6 Å². The Labute approximate surface area is 155 Å². The molecule has 0 aliphatic carbocycles. The smallest absolute Gasteiger partial charge is 0.325 e. The van der Waals surface area contributed by atoms with Gasteiger partial charge >= 0.3 is 6.03 Å². The van der Waals surface area contributed by atoms with Gasteiger partial charge in [0, 0.05) is 35.6 Å². The highest BCUT2D eigenvalue weighted by Gasteiger charge is 2.18. The van der Waals surface area contributed by atoms with Gasteiger partial charge in [0.25, 0.3) is 0 Å². The Morgan fingerprint density at radius 2 is 2.04 bits per heavy atom. The number of carbonyl (C=O) groups excluding carboxylic acids is 2. The van der Waals surface area contributed by atoms with Crippen LogP contribution in [0.3, 0.4) is 0 Å². The number of halogens is 1. The molecule has 2 N–H and O–H groups in total. The molecule has 0 radical (unpaired) electrons. The van der Waals surface area contributed by atoms with Gasteiger partial charge in [0.15, 0.2) is 5.13 Å². The van der Waals surface area contributed by atoms with Crippen molar-refractivity contribution >= 4 is 45.7 Å². The number of carbonyl (C=O) groups is 2. The van der Waals surface area contributed by atoms with Crippen molar-refractivity contribution in [3.05, 3.63) is 40.4 Å². The summed E-state index contributed by atoms with van der Waals surface area (Å²) in [6.45, 7) is 1.73. The first-order valence-corrected chi connectivity index (χ1v) is 9.42. The van der Waals surface area contributed by atoms with E-state index in [9.17, 15) is 9.59 Å². The number of urea groups is 1. The summed E-state index contributed by atoms with van der Waals surface area (Å²) in [4.78, 5) is 30.3. The Bertz CT molecular complexity index is 759. The van der Waals surface area contributed by atoms with Crippen LogP contribution in [0.25, 0.3) is 0 Å². The van der Waals surface area contributed by atoms with E-state index in [0.717, 1.165) is 31.6 Å². The maximum absolute atomic E-state index is 12.0. The molecule has 0 unspecified atom stereocenters. The molecule has 1 aliphatic heterocycles. The third-order valence-electron chi connectivity index (χ3n) is 3.91. The van der Waals surface area contributed by atoms with Gasteiger partial charge in [-0.2, -0.15) is 0 Å². The minimum atomic E-state index is -0.378. The molecule has 132 valence electrons. The van der Waals surface area contributed by atoms with Gasteiger partial charge in [-0.15, -0.1) is 11.3 Å². The van der Waals surface area contributed by atoms with Crippen molar-refractivity contribution in [2.45, 2.75) is 25.7 Å². The molecular weight excluding hydrogens is 360 g/mol. The molecule has 0 bridgehead atoms.